The predicted molar refractivity (Wildman–Crippen MR) is 120 cm³/mol. The molecule has 1 saturated heterocycles. The molecule has 1 fully saturated rings. The first-order valence-electron chi connectivity index (χ1n) is 11.9. The number of likely N-dealkylation sites (tertiary alicyclic amines) is 1. The van der Waals surface area contributed by atoms with Crippen molar-refractivity contribution < 1.29 is 61.5 Å². The van der Waals surface area contributed by atoms with Crippen LogP contribution < -0.4 is 0 Å². The number of halogens is 11. The summed E-state index contributed by atoms with van der Waals surface area (Å²) >= 11 is 0. The van der Waals surface area contributed by atoms with Gasteiger partial charge in [-0.05, 0) is 61.6 Å². The molecule has 2 aromatic rings. The number of aryl methyl sites for hydroxylation is 1. The number of amides is 1. The van der Waals surface area contributed by atoms with E-state index in [4.69, 9.17) is 0 Å². The summed E-state index contributed by atoms with van der Waals surface area (Å²) in [5, 5.41) is 0. The molecule has 4 nitrogen and oxygen atoms in total. The maximum atomic E-state index is 14.8. The minimum atomic E-state index is -6.45. The van der Waals surface area contributed by atoms with E-state index in [0.29, 0.717) is 17.9 Å². The van der Waals surface area contributed by atoms with Crippen LogP contribution in [0.5, 0.6) is 0 Å². The van der Waals surface area contributed by atoms with Crippen molar-refractivity contribution in [2.75, 3.05) is 6.54 Å². The standard InChI is InChI=1S/C25H20F11NO3S/c1-13(23(28,29)30)20(38)37-11-10-21(41(39,40)17-6-4-16(26)5-7-17)18-8-3-15(12-14(18)2-9-19(21)37)22(27,24(31,32)33)25(34,35)36/h3-8,12-13,19H,2,9-11H2,1H3/t13?,19-,21-/m0/s1. The second kappa shape index (κ2) is 9.56. The number of alkyl halides is 10. The molecule has 226 valence electrons. The van der Waals surface area contributed by atoms with Gasteiger partial charge in [-0.1, -0.05) is 18.2 Å². The summed E-state index contributed by atoms with van der Waals surface area (Å²) in [6.07, 6.45) is -19.4. The van der Waals surface area contributed by atoms with Gasteiger partial charge >= 0.3 is 24.2 Å². The predicted octanol–water partition coefficient (Wildman–Crippen LogP) is 6.53. The summed E-state index contributed by atoms with van der Waals surface area (Å²) in [5.74, 6) is -4.88. The second-order valence-electron chi connectivity index (χ2n) is 9.97. The summed E-state index contributed by atoms with van der Waals surface area (Å²) in [4.78, 5) is 13.0. The lowest BCUT2D eigenvalue weighted by molar-refractivity contribution is -0.348. The van der Waals surface area contributed by atoms with Crippen molar-refractivity contribution in [2.45, 2.75) is 66.1 Å². The largest absolute Gasteiger partial charge is 0.435 e. The van der Waals surface area contributed by atoms with E-state index in [9.17, 15) is 61.5 Å². The first kappa shape index (κ1) is 31.0. The Morgan fingerprint density at radius 3 is 2.00 bits per heavy atom. The molecule has 0 aromatic heterocycles. The molecule has 1 unspecified atom stereocenters. The Morgan fingerprint density at radius 1 is 0.927 bits per heavy atom. The Bertz CT molecular complexity index is 1440. The minimum Gasteiger partial charge on any atom is -0.337 e. The average molecular weight is 623 g/mol. The van der Waals surface area contributed by atoms with Crippen LogP contribution in [0.2, 0.25) is 0 Å². The van der Waals surface area contributed by atoms with Crippen LogP contribution in [-0.4, -0.2) is 50.3 Å². The second-order valence-corrected chi connectivity index (χ2v) is 12.2. The van der Waals surface area contributed by atoms with Gasteiger partial charge < -0.3 is 4.90 Å². The fourth-order valence-corrected chi connectivity index (χ4v) is 8.07. The Kier molecular flexibility index (Phi) is 7.24. The van der Waals surface area contributed by atoms with Gasteiger partial charge in [-0.15, -0.1) is 0 Å². The van der Waals surface area contributed by atoms with Crippen LogP contribution in [0, 0.1) is 11.7 Å². The van der Waals surface area contributed by atoms with Crippen molar-refractivity contribution in [3.8, 4) is 0 Å². The molecule has 1 amide bonds. The molecule has 0 saturated carbocycles. The summed E-state index contributed by atoms with van der Waals surface area (Å²) in [6, 6.07) is 2.63. The van der Waals surface area contributed by atoms with E-state index in [1.54, 1.807) is 0 Å². The van der Waals surface area contributed by atoms with E-state index in [1.165, 1.54) is 0 Å². The Hall–Kier alpha value is -2.91. The number of carbonyl (C=O) groups is 1. The fraction of sp³-hybridized carbons (Fsp3) is 0.480. The van der Waals surface area contributed by atoms with Crippen molar-refractivity contribution in [3.05, 3.63) is 65.0 Å². The lowest BCUT2D eigenvalue weighted by Gasteiger charge is -2.43. The number of sulfone groups is 1. The molecule has 2 aromatic carbocycles. The van der Waals surface area contributed by atoms with Gasteiger partial charge in [0, 0.05) is 12.1 Å². The number of benzene rings is 2. The molecule has 2 aliphatic rings. The molecule has 0 bridgehead atoms. The van der Waals surface area contributed by atoms with E-state index in [0.717, 1.165) is 24.3 Å². The van der Waals surface area contributed by atoms with E-state index in [1.807, 2.05) is 0 Å². The van der Waals surface area contributed by atoms with Crippen LogP contribution in [0.15, 0.2) is 47.4 Å². The zero-order valence-corrected chi connectivity index (χ0v) is 21.6. The maximum Gasteiger partial charge on any atom is 0.435 e. The smallest absolute Gasteiger partial charge is 0.337 e. The van der Waals surface area contributed by atoms with Crippen molar-refractivity contribution in [3.63, 3.8) is 0 Å². The normalized spacial score (nSPS) is 22.7. The molecular formula is C25H20F11NO3S. The quantitative estimate of drug-likeness (QED) is 0.288. The number of rotatable bonds is 4. The van der Waals surface area contributed by atoms with Crippen molar-refractivity contribution in [1.82, 2.24) is 4.90 Å². The first-order chi connectivity index (χ1) is 18.6. The van der Waals surface area contributed by atoms with Gasteiger partial charge in [-0.2, -0.15) is 39.5 Å². The van der Waals surface area contributed by atoms with Crippen molar-refractivity contribution in [1.29, 1.82) is 0 Å². The van der Waals surface area contributed by atoms with Gasteiger partial charge in [0.25, 0.3) is 0 Å². The number of nitrogens with zero attached hydrogens (tertiary/aromatic N) is 1. The molecule has 16 heteroatoms. The van der Waals surface area contributed by atoms with Gasteiger partial charge in [0.15, 0.2) is 9.84 Å². The monoisotopic (exact) mass is 623 g/mol. The zero-order valence-electron chi connectivity index (χ0n) is 20.8. The number of fused-ring (bicyclic) bond motifs is 3. The van der Waals surface area contributed by atoms with Crippen LogP contribution in [0.25, 0.3) is 0 Å². The van der Waals surface area contributed by atoms with Gasteiger partial charge in [0.2, 0.25) is 5.91 Å². The Balaban J connectivity index is 1.95. The molecular weight excluding hydrogens is 603 g/mol. The molecule has 3 atom stereocenters. The van der Waals surface area contributed by atoms with E-state index in [-0.39, 0.29) is 17.7 Å². The van der Waals surface area contributed by atoms with E-state index in [2.05, 4.69) is 0 Å². The Morgan fingerprint density at radius 2 is 1.49 bits per heavy atom. The van der Waals surface area contributed by atoms with Crippen molar-refractivity contribution in [2.24, 2.45) is 5.92 Å². The third-order valence-corrected chi connectivity index (χ3v) is 10.4. The molecule has 1 heterocycles. The Labute approximate surface area is 226 Å². The number of hydrogen-bond acceptors (Lipinski definition) is 3. The van der Waals surface area contributed by atoms with Crippen LogP contribution in [0.1, 0.15) is 36.5 Å². The van der Waals surface area contributed by atoms with Gasteiger partial charge in [0.05, 0.1) is 10.9 Å². The first-order valence-corrected chi connectivity index (χ1v) is 13.4. The maximum absolute atomic E-state index is 14.8. The number of carbonyl (C=O) groups excluding carboxylic acids is 1. The third kappa shape index (κ3) is 4.56. The highest BCUT2D eigenvalue weighted by atomic mass is 32.2. The molecule has 1 aliphatic heterocycles. The summed E-state index contributed by atoms with van der Waals surface area (Å²) in [7, 11) is -4.80. The molecule has 4 rings (SSSR count). The van der Waals surface area contributed by atoms with Crippen molar-refractivity contribution >= 4 is 15.7 Å². The lowest BCUT2D eigenvalue weighted by atomic mass is 9.76. The summed E-state index contributed by atoms with van der Waals surface area (Å²) in [6.45, 7) is 0.0126. The molecule has 0 N–H and O–H groups in total. The third-order valence-electron chi connectivity index (χ3n) is 7.81. The number of hydrogen-bond donors (Lipinski definition) is 0. The van der Waals surface area contributed by atoms with Crippen LogP contribution in [0.4, 0.5) is 48.3 Å². The molecule has 1 aliphatic carbocycles. The van der Waals surface area contributed by atoms with Gasteiger partial charge in [0.1, 0.15) is 16.5 Å². The van der Waals surface area contributed by atoms with Crippen LogP contribution in [-0.2, 0) is 31.5 Å². The van der Waals surface area contributed by atoms with Crippen LogP contribution in [0.3, 0.4) is 0 Å². The van der Waals surface area contributed by atoms with Gasteiger partial charge in [-0.3, -0.25) is 4.79 Å². The SMILES string of the molecule is CC(C(=O)N1CC[C@]2(S(=O)(=O)c3ccc(F)cc3)c3ccc(C(F)(C(F)(F)F)C(F)(F)F)cc3CC[C@H]12)C(F)(F)F. The highest BCUT2D eigenvalue weighted by molar-refractivity contribution is 7.92. The van der Waals surface area contributed by atoms with Crippen LogP contribution >= 0.6 is 0 Å². The molecule has 0 spiro atoms. The topological polar surface area (TPSA) is 54.5 Å². The fourth-order valence-electron chi connectivity index (χ4n) is 5.71. The average Bonchev–Trinajstić information content (AvgIpc) is 3.27. The molecule has 0 radical (unpaired) electrons. The minimum absolute atomic E-state index is 0.132. The highest BCUT2D eigenvalue weighted by Gasteiger charge is 2.74. The highest BCUT2D eigenvalue weighted by Crippen LogP contribution is 2.57. The lowest BCUT2D eigenvalue weighted by Crippen LogP contribution is -2.54. The molecule has 41 heavy (non-hydrogen) atoms. The zero-order chi connectivity index (χ0) is 31.0. The summed E-state index contributed by atoms with van der Waals surface area (Å²) in [5.41, 5.74) is -8.48. The van der Waals surface area contributed by atoms with Gasteiger partial charge in [-0.25, -0.2) is 17.2 Å². The van der Waals surface area contributed by atoms with E-state index < -0.39 is 104 Å². The van der Waals surface area contributed by atoms with E-state index >= 15 is 0 Å². The summed E-state index contributed by atoms with van der Waals surface area (Å²) < 4.78 is 175.